The molecule has 1 aromatic rings. The molecular formula is C22H22N2O5. The highest BCUT2D eigenvalue weighted by Crippen LogP contribution is 2.65. The van der Waals surface area contributed by atoms with Gasteiger partial charge in [0.1, 0.15) is 0 Å². The lowest BCUT2D eigenvalue weighted by Crippen LogP contribution is -2.40. The van der Waals surface area contributed by atoms with E-state index in [-0.39, 0.29) is 54.4 Å². The fraction of sp³-hybridized carbons (Fsp3) is 0.455. The quantitative estimate of drug-likeness (QED) is 0.467. The molecule has 4 aliphatic carbocycles. The highest BCUT2D eigenvalue weighted by molar-refractivity contribution is 6.06. The third-order valence-corrected chi connectivity index (χ3v) is 6.91. The van der Waals surface area contributed by atoms with Crippen molar-refractivity contribution >= 4 is 29.4 Å². The topological polar surface area (TPSA) is 92.8 Å². The maximum Gasteiger partial charge on any atom is 0.337 e. The molecule has 29 heavy (non-hydrogen) atoms. The first-order chi connectivity index (χ1) is 14.0. The lowest BCUT2D eigenvalue weighted by atomic mass is 9.63. The van der Waals surface area contributed by atoms with E-state index in [1.54, 1.807) is 24.3 Å². The Hall–Kier alpha value is -2.96. The maximum atomic E-state index is 12.9. The number of amides is 3. The molecule has 3 fully saturated rings. The number of benzene rings is 1. The van der Waals surface area contributed by atoms with Gasteiger partial charge >= 0.3 is 5.97 Å². The summed E-state index contributed by atoms with van der Waals surface area (Å²) in [7, 11) is 1.31. The summed E-state index contributed by atoms with van der Waals surface area (Å²) in [5.74, 6) is 0.118. The van der Waals surface area contributed by atoms with Gasteiger partial charge in [0.2, 0.25) is 17.7 Å². The molecule has 3 amide bonds. The first-order valence-electron chi connectivity index (χ1n) is 10.0. The molecule has 1 aromatic carbocycles. The number of nitrogens with one attached hydrogen (secondary N) is 1. The molecule has 1 saturated heterocycles. The SMILES string of the molecule is COC(=O)c1ccc(NC(=O)CCN2C(=O)[C@@H]3[C@H]4C=C[C@@H]([C@@H]5C[C@@H]45)[C@@H]3C2=O)cc1. The molecule has 0 unspecified atom stereocenters. The molecule has 0 spiro atoms. The molecule has 150 valence electrons. The fourth-order valence-corrected chi connectivity index (χ4v) is 5.48. The summed E-state index contributed by atoms with van der Waals surface area (Å²) in [6, 6.07) is 6.35. The number of hydrogen-bond donors (Lipinski definition) is 1. The number of hydrogen-bond acceptors (Lipinski definition) is 5. The lowest BCUT2D eigenvalue weighted by Gasteiger charge is -2.37. The Balaban J connectivity index is 1.20. The van der Waals surface area contributed by atoms with Crippen molar-refractivity contribution in [3.05, 3.63) is 42.0 Å². The molecular weight excluding hydrogens is 372 g/mol. The number of ether oxygens (including phenoxy) is 1. The minimum Gasteiger partial charge on any atom is -0.465 e. The molecule has 7 nitrogen and oxygen atoms in total. The zero-order chi connectivity index (χ0) is 20.3. The summed E-state index contributed by atoms with van der Waals surface area (Å²) in [5.41, 5.74) is 0.931. The molecule has 1 heterocycles. The number of nitrogens with zero attached hydrogens (tertiary/aromatic N) is 1. The van der Waals surface area contributed by atoms with E-state index < -0.39 is 5.97 Å². The largest absolute Gasteiger partial charge is 0.465 e. The number of imide groups is 1. The second-order valence-electron chi connectivity index (χ2n) is 8.35. The van der Waals surface area contributed by atoms with Gasteiger partial charge in [-0.1, -0.05) is 12.2 Å². The van der Waals surface area contributed by atoms with E-state index in [0.717, 1.165) is 6.42 Å². The summed E-state index contributed by atoms with van der Waals surface area (Å²) in [6.07, 6.45) is 5.46. The zero-order valence-corrected chi connectivity index (χ0v) is 16.0. The van der Waals surface area contributed by atoms with E-state index in [4.69, 9.17) is 0 Å². The number of esters is 1. The van der Waals surface area contributed by atoms with Crippen LogP contribution < -0.4 is 5.32 Å². The van der Waals surface area contributed by atoms with Crippen molar-refractivity contribution in [2.45, 2.75) is 12.8 Å². The van der Waals surface area contributed by atoms with Crippen LogP contribution >= 0.6 is 0 Å². The van der Waals surface area contributed by atoms with Gasteiger partial charge in [-0.05, 0) is 54.4 Å². The average molecular weight is 394 g/mol. The van der Waals surface area contributed by atoms with Crippen LogP contribution in [0.4, 0.5) is 5.69 Å². The second kappa shape index (κ2) is 6.54. The van der Waals surface area contributed by atoms with E-state index in [2.05, 4.69) is 22.2 Å². The average Bonchev–Trinajstić information content (AvgIpc) is 3.51. The van der Waals surface area contributed by atoms with Crippen LogP contribution in [0.15, 0.2) is 36.4 Å². The van der Waals surface area contributed by atoms with Gasteiger partial charge in [0.15, 0.2) is 0 Å². The summed E-state index contributed by atoms with van der Waals surface area (Å²) in [5, 5.41) is 2.73. The van der Waals surface area contributed by atoms with Gasteiger partial charge in [-0.2, -0.15) is 0 Å². The van der Waals surface area contributed by atoms with Crippen LogP contribution in [0.1, 0.15) is 23.2 Å². The summed E-state index contributed by atoms with van der Waals surface area (Å²) >= 11 is 0. The van der Waals surface area contributed by atoms with Crippen molar-refractivity contribution in [1.82, 2.24) is 4.90 Å². The van der Waals surface area contributed by atoms with Crippen molar-refractivity contribution in [3.63, 3.8) is 0 Å². The Labute approximate surface area is 168 Å². The third kappa shape index (κ3) is 2.79. The van der Waals surface area contributed by atoms with Gasteiger partial charge < -0.3 is 10.1 Å². The first-order valence-corrected chi connectivity index (χ1v) is 10.0. The number of allylic oxidation sites excluding steroid dienone is 2. The Morgan fingerprint density at radius 1 is 1.03 bits per heavy atom. The van der Waals surface area contributed by atoms with Gasteiger partial charge in [0.25, 0.3) is 0 Å². The van der Waals surface area contributed by atoms with Gasteiger partial charge in [-0.25, -0.2) is 4.79 Å². The molecule has 7 heteroatoms. The number of carbonyl (C=O) groups is 4. The number of anilines is 1. The Morgan fingerprint density at radius 2 is 1.62 bits per heavy atom. The van der Waals surface area contributed by atoms with Gasteiger partial charge in [0, 0.05) is 18.7 Å². The van der Waals surface area contributed by atoms with Crippen molar-refractivity contribution in [2.75, 3.05) is 19.0 Å². The first kappa shape index (κ1) is 18.1. The van der Waals surface area contributed by atoms with Crippen LogP contribution in [0.25, 0.3) is 0 Å². The van der Waals surface area contributed by atoms with Crippen LogP contribution in [-0.2, 0) is 19.1 Å². The monoisotopic (exact) mass is 394 g/mol. The van der Waals surface area contributed by atoms with Crippen LogP contribution in [0, 0.1) is 35.5 Å². The van der Waals surface area contributed by atoms with Crippen molar-refractivity contribution < 1.29 is 23.9 Å². The Bertz CT molecular complexity index is 901. The van der Waals surface area contributed by atoms with E-state index in [9.17, 15) is 19.2 Å². The number of methoxy groups -OCH3 is 1. The van der Waals surface area contributed by atoms with Crippen molar-refractivity contribution in [1.29, 1.82) is 0 Å². The van der Waals surface area contributed by atoms with Gasteiger partial charge in [-0.3, -0.25) is 19.3 Å². The van der Waals surface area contributed by atoms with Gasteiger partial charge in [0.05, 0.1) is 24.5 Å². The highest BCUT2D eigenvalue weighted by Gasteiger charge is 2.66. The highest BCUT2D eigenvalue weighted by atomic mass is 16.5. The van der Waals surface area contributed by atoms with Crippen LogP contribution in [-0.4, -0.2) is 42.2 Å². The van der Waals surface area contributed by atoms with E-state index >= 15 is 0 Å². The minimum absolute atomic E-state index is 0.0469. The molecule has 2 saturated carbocycles. The molecule has 6 atom stereocenters. The van der Waals surface area contributed by atoms with Gasteiger partial charge in [-0.15, -0.1) is 0 Å². The summed E-state index contributed by atoms with van der Waals surface area (Å²) < 4.78 is 4.64. The normalized spacial score (nSPS) is 33.3. The van der Waals surface area contributed by atoms with Crippen molar-refractivity contribution in [2.24, 2.45) is 35.5 Å². The molecule has 1 aliphatic heterocycles. The van der Waals surface area contributed by atoms with Crippen LogP contribution in [0.3, 0.4) is 0 Å². The van der Waals surface area contributed by atoms with Crippen LogP contribution in [0.5, 0.6) is 0 Å². The van der Waals surface area contributed by atoms with Crippen molar-refractivity contribution in [3.8, 4) is 0 Å². The third-order valence-electron chi connectivity index (χ3n) is 6.91. The second-order valence-corrected chi connectivity index (χ2v) is 8.35. The standard InChI is InChI=1S/C22H22N2O5/c1-29-22(28)11-2-4-12(5-3-11)23-17(25)8-9-24-20(26)18-13-6-7-14(16-10-15(13)16)19(18)21(24)27/h2-7,13-16,18-19H,8-10H2,1H3,(H,23,25)/t13-,14-,15-,16-,18-,19+/m0/s1. The smallest absolute Gasteiger partial charge is 0.337 e. The van der Waals surface area contributed by atoms with E-state index in [0.29, 0.717) is 23.1 Å². The number of likely N-dealkylation sites (tertiary alicyclic amines) is 1. The minimum atomic E-state index is -0.448. The van der Waals surface area contributed by atoms with Crippen LogP contribution in [0.2, 0.25) is 0 Å². The predicted octanol–water partition coefficient (Wildman–Crippen LogP) is 1.85. The molecule has 5 aliphatic rings. The van der Waals surface area contributed by atoms with E-state index in [1.807, 2.05) is 0 Å². The lowest BCUT2D eigenvalue weighted by molar-refractivity contribution is -0.140. The zero-order valence-electron chi connectivity index (χ0n) is 16.0. The molecule has 1 N–H and O–H groups in total. The Morgan fingerprint density at radius 3 is 2.17 bits per heavy atom. The molecule has 6 rings (SSSR count). The Kier molecular flexibility index (Phi) is 4.08. The molecule has 0 radical (unpaired) electrons. The fourth-order valence-electron chi connectivity index (χ4n) is 5.48. The number of carbonyl (C=O) groups excluding carboxylic acids is 4. The number of rotatable bonds is 5. The molecule has 2 bridgehead atoms. The molecule has 0 aromatic heterocycles. The summed E-state index contributed by atoms with van der Waals surface area (Å²) in [4.78, 5) is 50.9. The summed E-state index contributed by atoms with van der Waals surface area (Å²) in [6.45, 7) is 0.103. The van der Waals surface area contributed by atoms with E-state index in [1.165, 1.54) is 12.0 Å². The maximum absolute atomic E-state index is 12.9. The predicted molar refractivity (Wildman–Crippen MR) is 102 cm³/mol.